The summed E-state index contributed by atoms with van der Waals surface area (Å²) in [5.74, 6) is 0.369. The van der Waals surface area contributed by atoms with Gasteiger partial charge < -0.3 is 25.0 Å². The molecule has 0 saturated carbocycles. The van der Waals surface area contributed by atoms with E-state index >= 15 is 0 Å². The molecule has 9 heteroatoms. The topological polar surface area (TPSA) is 97.0 Å². The van der Waals surface area contributed by atoms with Crippen LogP contribution in [0.5, 0.6) is 0 Å². The highest BCUT2D eigenvalue weighted by Gasteiger charge is 2.37. The van der Waals surface area contributed by atoms with E-state index in [1.807, 2.05) is 6.26 Å². The van der Waals surface area contributed by atoms with Gasteiger partial charge in [-0.15, -0.1) is 0 Å². The fourth-order valence-electron chi connectivity index (χ4n) is 2.79. The molecule has 2 N–H and O–H groups in total. The van der Waals surface area contributed by atoms with Crippen LogP contribution in [0, 0.1) is 0 Å². The quantitative estimate of drug-likeness (QED) is 0.625. The Morgan fingerprint density at radius 2 is 1.86 bits per heavy atom. The van der Waals surface area contributed by atoms with Crippen LogP contribution in [-0.4, -0.2) is 78.3 Å². The van der Waals surface area contributed by atoms with Gasteiger partial charge >= 0.3 is 6.09 Å². The zero-order valence-electron chi connectivity index (χ0n) is 18.1. The molecule has 3 amide bonds. The molecule has 162 valence electrons. The van der Waals surface area contributed by atoms with E-state index < -0.39 is 23.3 Å². The molecular formula is C19H35N3O5S. The average molecular weight is 418 g/mol. The van der Waals surface area contributed by atoms with Crippen molar-refractivity contribution in [3.63, 3.8) is 0 Å². The van der Waals surface area contributed by atoms with Gasteiger partial charge in [-0.3, -0.25) is 9.59 Å². The molecule has 2 atom stereocenters. The zero-order valence-corrected chi connectivity index (χ0v) is 18.9. The fraction of sp³-hybridized carbons (Fsp3) is 0.842. The largest absolute Gasteiger partial charge is 0.444 e. The highest BCUT2D eigenvalue weighted by Crippen LogP contribution is 2.18. The summed E-state index contributed by atoms with van der Waals surface area (Å²) in [7, 11) is 1.51. The first-order valence-electron chi connectivity index (χ1n) is 9.53. The van der Waals surface area contributed by atoms with Crippen LogP contribution in [0.3, 0.4) is 0 Å². The number of hydrogen-bond donors (Lipinski definition) is 2. The molecule has 8 nitrogen and oxygen atoms in total. The number of thioether (sulfide) groups is 1. The maximum atomic E-state index is 12.7. The van der Waals surface area contributed by atoms with Gasteiger partial charge in [0.25, 0.3) is 5.91 Å². The molecule has 0 aromatic heterocycles. The van der Waals surface area contributed by atoms with Crippen LogP contribution in [-0.2, 0) is 19.1 Å². The maximum absolute atomic E-state index is 12.7. The van der Waals surface area contributed by atoms with Crippen LogP contribution in [0.1, 0.15) is 47.5 Å². The van der Waals surface area contributed by atoms with E-state index in [4.69, 9.17) is 9.47 Å². The van der Waals surface area contributed by atoms with Crippen LogP contribution in [0.15, 0.2) is 0 Å². The van der Waals surface area contributed by atoms with Crippen LogP contribution in [0.25, 0.3) is 0 Å². The molecule has 0 aromatic carbocycles. The second kappa shape index (κ2) is 10.3. The van der Waals surface area contributed by atoms with E-state index in [0.717, 1.165) is 5.75 Å². The van der Waals surface area contributed by atoms with Crippen molar-refractivity contribution in [2.45, 2.75) is 70.7 Å². The van der Waals surface area contributed by atoms with Crippen LogP contribution < -0.4 is 10.6 Å². The monoisotopic (exact) mass is 417 g/mol. The number of likely N-dealkylation sites (tertiary alicyclic amines) is 1. The molecular weight excluding hydrogens is 382 g/mol. The fourth-order valence-corrected chi connectivity index (χ4v) is 3.26. The summed E-state index contributed by atoms with van der Waals surface area (Å²) >= 11 is 1.60. The smallest absolute Gasteiger partial charge is 0.408 e. The van der Waals surface area contributed by atoms with Crippen LogP contribution in [0.4, 0.5) is 4.79 Å². The van der Waals surface area contributed by atoms with Crippen LogP contribution in [0.2, 0.25) is 0 Å². The first-order valence-corrected chi connectivity index (χ1v) is 10.9. The summed E-state index contributed by atoms with van der Waals surface area (Å²) in [6.45, 7) is 9.76. The van der Waals surface area contributed by atoms with Crippen molar-refractivity contribution < 1.29 is 23.9 Å². The minimum absolute atomic E-state index is 0.0995. The van der Waals surface area contributed by atoms with E-state index in [1.54, 1.807) is 51.3 Å². The molecule has 1 aliphatic heterocycles. The van der Waals surface area contributed by atoms with E-state index in [2.05, 4.69) is 10.6 Å². The number of amides is 3. The second-order valence-electron chi connectivity index (χ2n) is 8.44. The van der Waals surface area contributed by atoms with E-state index in [1.165, 1.54) is 7.11 Å². The Kier molecular flexibility index (Phi) is 9.07. The Hall–Kier alpha value is -1.48. The van der Waals surface area contributed by atoms with Gasteiger partial charge in [0, 0.05) is 26.2 Å². The minimum Gasteiger partial charge on any atom is -0.444 e. The molecule has 1 rings (SSSR count). The summed E-state index contributed by atoms with van der Waals surface area (Å²) in [5.41, 5.74) is -1.52. The first kappa shape index (κ1) is 24.6. The van der Waals surface area contributed by atoms with Crippen molar-refractivity contribution in [3.05, 3.63) is 0 Å². The molecule has 1 fully saturated rings. The molecule has 1 heterocycles. The van der Waals surface area contributed by atoms with Gasteiger partial charge in [0.2, 0.25) is 5.91 Å². The third-order valence-corrected chi connectivity index (χ3v) is 5.11. The third kappa shape index (κ3) is 7.87. The van der Waals surface area contributed by atoms with Gasteiger partial charge in [0.1, 0.15) is 17.2 Å². The highest BCUT2D eigenvalue weighted by molar-refractivity contribution is 7.98. The number of nitrogens with zero attached hydrogens (tertiary/aromatic N) is 1. The van der Waals surface area contributed by atoms with Crippen molar-refractivity contribution in [2.75, 3.05) is 32.2 Å². The predicted molar refractivity (Wildman–Crippen MR) is 110 cm³/mol. The summed E-state index contributed by atoms with van der Waals surface area (Å²) in [6.07, 6.45) is 2.50. The van der Waals surface area contributed by atoms with Crippen molar-refractivity contribution in [3.8, 4) is 0 Å². The van der Waals surface area contributed by atoms with Gasteiger partial charge in [-0.25, -0.2) is 4.79 Å². The number of carbonyl (C=O) groups is 3. The van der Waals surface area contributed by atoms with Crippen molar-refractivity contribution in [1.82, 2.24) is 15.5 Å². The molecule has 1 aliphatic rings. The Balaban J connectivity index is 2.65. The minimum atomic E-state index is -0.891. The summed E-state index contributed by atoms with van der Waals surface area (Å²) < 4.78 is 10.5. The molecule has 0 aliphatic carbocycles. The van der Waals surface area contributed by atoms with Gasteiger partial charge in [-0.2, -0.15) is 11.8 Å². The molecule has 0 bridgehead atoms. The normalized spacial score (nSPS) is 18.5. The van der Waals surface area contributed by atoms with E-state index in [0.29, 0.717) is 25.9 Å². The lowest BCUT2D eigenvalue weighted by molar-refractivity contribution is -0.150. The van der Waals surface area contributed by atoms with Gasteiger partial charge in [-0.05, 0) is 59.5 Å². The van der Waals surface area contributed by atoms with Gasteiger partial charge in [0.15, 0.2) is 0 Å². The zero-order chi connectivity index (χ0) is 21.5. The molecule has 28 heavy (non-hydrogen) atoms. The standard InChI is InChI=1S/C19H35N3O5S/c1-18(2,3)27-17(25)21-14(9-11-28-7)15(23)20-13-8-10-22(12-13)16(24)19(4,5)26-6/h13-14H,8-12H2,1-7H3,(H,20,23)(H,21,25)/t13-,14-/m1/s1. The highest BCUT2D eigenvalue weighted by atomic mass is 32.2. The number of alkyl carbamates (subject to hydrolysis) is 1. The predicted octanol–water partition coefficient (Wildman–Crippen LogP) is 1.77. The molecule has 0 radical (unpaired) electrons. The van der Waals surface area contributed by atoms with E-state index in [-0.39, 0.29) is 17.9 Å². The number of rotatable bonds is 8. The van der Waals surface area contributed by atoms with Crippen molar-refractivity contribution in [2.24, 2.45) is 0 Å². The molecule has 0 aromatic rings. The van der Waals surface area contributed by atoms with Gasteiger partial charge in [0.05, 0.1) is 0 Å². The van der Waals surface area contributed by atoms with E-state index in [9.17, 15) is 14.4 Å². The van der Waals surface area contributed by atoms with Crippen molar-refractivity contribution in [1.29, 1.82) is 0 Å². The Morgan fingerprint density at radius 3 is 2.39 bits per heavy atom. The summed E-state index contributed by atoms with van der Waals surface area (Å²) in [4.78, 5) is 39.0. The Morgan fingerprint density at radius 1 is 1.21 bits per heavy atom. The summed E-state index contributed by atoms with van der Waals surface area (Å²) in [5, 5.41) is 5.62. The van der Waals surface area contributed by atoms with Crippen LogP contribution >= 0.6 is 11.8 Å². The Labute approximate surface area is 172 Å². The Bertz CT molecular complexity index is 562. The lowest BCUT2D eigenvalue weighted by Gasteiger charge is -2.28. The maximum Gasteiger partial charge on any atom is 0.408 e. The summed E-state index contributed by atoms with van der Waals surface area (Å²) in [6, 6.07) is -0.830. The SMILES string of the molecule is COC(C)(C)C(=O)N1CC[C@@H](NC(=O)[C@@H](CCSC)NC(=O)OC(C)(C)C)C1. The number of carbonyl (C=O) groups excluding carboxylic acids is 3. The third-order valence-electron chi connectivity index (χ3n) is 4.47. The molecule has 0 unspecified atom stereocenters. The second-order valence-corrected chi connectivity index (χ2v) is 9.43. The number of hydrogen-bond acceptors (Lipinski definition) is 6. The lowest BCUT2D eigenvalue weighted by atomic mass is 10.1. The van der Waals surface area contributed by atoms with Crippen molar-refractivity contribution >= 4 is 29.7 Å². The first-order chi connectivity index (χ1) is 12.9. The average Bonchev–Trinajstić information content (AvgIpc) is 3.04. The number of ether oxygens (including phenoxy) is 2. The number of methoxy groups -OCH3 is 1. The molecule has 0 spiro atoms. The number of nitrogens with one attached hydrogen (secondary N) is 2. The molecule has 1 saturated heterocycles. The van der Waals surface area contributed by atoms with Gasteiger partial charge in [-0.1, -0.05) is 0 Å². The lowest BCUT2D eigenvalue weighted by Crippen LogP contribution is -2.52.